The normalized spacial score (nSPS) is 23.4. The van der Waals surface area contributed by atoms with E-state index < -0.39 is 0 Å². The van der Waals surface area contributed by atoms with Crippen LogP contribution in [-0.4, -0.2) is 36.0 Å². The molecular weight excluding hydrogens is 316 g/mol. The van der Waals surface area contributed by atoms with Gasteiger partial charge in [0.2, 0.25) is 0 Å². The molecule has 1 saturated heterocycles. The number of rotatable bonds is 1. The van der Waals surface area contributed by atoms with E-state index in [-0.39, 0.29) is 24.4 Å². The van der Waals surface area contributed by atoms with Crippen LogP contribution in [-0.2, 0) is 0 Å². The fraction of sp³-hybridized carbons (Fsp3) is 0.462. The smallest absolute Gasteiger partial charge is 0.254 e. The van der Waals surface area contributed by atoms with E-state index in [1.54, 1.807) is 0 Å². The molecule has 0 radical (unpaired) electrons. The Labute approximate surface area is 122 Å². The highest BCUT2D eigenvalue weighted by atomic mass is 79.9. The molecule has 2 unspecified atom stereocenters. The third kappa shape index (κ3) is 3.46. The summed E-state index contributed by atoms with van der Waals surface area (Å²) in [6.45, 7) is 5.82. The lowest BCUT2D eigenvalue weighted by molar-refractivity contribution is 0.0616. The number of amides is 1. The summed E-state index contributed by atoms with van der Waals surface area (Å²) in [5.41, 5.74) is 0.758. The summed E-state index contributed by atoms with van der Waals surface area (Å²) in [6.07, 6.45) is 0. The molecule has 0 aliphatic carbocycles. The number of halogens is 2. The summed E-state index contributed by atoms with van der Waals surface area (Å²) in [5, 5.41) is 3.38. The molecule has 3 nitrogen and oxygen atoms in total. The fourth-order valence-corrected chi connectivity index (χ4v) is 2.33. The lowest BCUT2D eigenvalue weighted by Crippen LogP contribution is -2.56. The lowest BCUT2D eigenvalue weighted by Gasteiger charge is -2.37. The van der Waals surface area contributed by atoms with E-state index in [1.807, 2.05) is 29.2 Å². The first-order chi connectivity index (χ1) is 8.08. The summed E-state index contributed by atoms with van der Waals surface area (Å²) in [6, 6.07) is 8.16. The van der Waals surface area contributed by atoms with Crippen molar-refractivity contribution in [3.8, 4) is 0 Å². The monoisotopic (exact) mass is 332 g/mol. The first kappa shape index (κ1) is 15.5. The quantitative estimate of drug-likeness (QED) is 0.857. The fourth-order valence-electron chi connectivity index (χ4n) is 2.06. The van der Waals surface area contributed by atoms with Crippen LogP contribution in [0.2, 0.25) is 0 Å². The standard InChI is InChI=1S/C13H17BrN2O.ClH/c1-9-8-16(10(2)7-15-9)13(17)11-3-5-12(14)6-4-11;/h3-6,9-10,15H,7-8H2,1-2H3;1H. The van der Waals surface area contributed by atoms with Crippen molar-refractivity contribution in [3.05, 3.63) is 34.3 Å². The first-order valence-corrected chi connectivity index (χ1v) is 6.67. The summed E-state index contributed by atoms with van der Waals surface area (Å²) in [7, 11) is 0. The summed E-state index contributed by atoms with van der Waals surface area (Å²) in [5.74, 6) is 0.123. The van der Waals surface area contributed by atoms with Gasteiger partial charge in [-0.1, -0.05) is 15.9 Å². The molecule has 1 aromatic carbocycles. The van der Waals surface area contributed by atoms with E-state index in [1.165, 1.54) is 0 Å². The van der Waals surface area contributed by atoms with Crippen molar-refractivity contribution < 1.29 is 4.79 Å². The van der Waals surface area contributed by atoms with Crippen LogP contribution in [0, 0.1) is 0 Å². The number of carbonyl (C=O) groups excluding carboxylic acids is 1. The van der Waals surface area contributed by atoms with Gasteiger partial charge in [0.25, 0.3) is 5.91 Å². The van der Waals surface area contributed by atoms with E-state index in [4.69, 9.17) is 0 Å². The second-order valence-electron chi connectivity index (χ2n) is 4.62. The van der Waals surface area contributed by atoms with Crippen molar-refractivity contribution in [1.29, 1.82) is 0 Å². The van der Waals surface area contributed by atoms with Crippen LogP contribution in [0.4, 0.5) is 0 Å². The molecule has 100 valence electrons. The predicted molar refractivity (Wildman–Crippen MR) is 79.4 cm³/mol. The lowest BCUT2D eigenvalue weighted by atomic mass is 10.1. The molecule has 1 fully saturated rings. The van der Waals surface area contributed by atoms with Crippen LogP contribution in [0.5, 0.6) is 0 Å². The Bertz CT molecular complexity index is 410. The Morgan fingerprint density at radius 1 is 1.33 bits per heavy atom. The van der Waals surface area contributed by atoms with Crippen LogP contribution in [0.25, 0.3) is 0 Å². The third-order valence-electron chi connectivity index (χ3n) is 3.12. The van der Waals surface area contributed by atoms with Crippen LogP contribution >= 0.6 is 28.3 Å². The van der Waals surface area contributed by atoms with Crippen LogP contribution in [0.1, 0.15) is 24.2 Å². The molecule has 1 heterocycles. The number of nitrogens with zero attached hydrogens (tertiary/aromatic N) is 1. The maximum Gasteiger partial charge on any atom is 0.254 e. The van der Waals surface area contributed by atoms with Crippen molar-refractivity contribution in [3.63, 3.8) is 0 Å². The van der Waals surface area contributed by atoms with Crippen LogP contribution in [0.3, 0.4) is 0 Å². The predicted octanol–water partition coefficient (Wildman–Crippen LogP) is 2.69. The average Bonchev–Trinajstić information content (AvgIpc) is 2.32. The largest absolute Gasteiger partial charge is 0.333 e. The van der Waals surface area contributed by atoms with E-state index in [2.05, 4.69) is 35.1 Å². The maximum absolute atomic E-state index is 12.3. The van der Waals surface area contributed by atoms with Gasteiger partial charge in [-0.15, -0.1) is 12.4 Å². The molecule has 5 heteroatoms. The SMILES string of the molecule is CC1CN(C(=O)c2ccc(Br)cc2)C(C)CN1.Cl. The number of benzene rings is 1. The van der Waals surface area contributed by atoms with E-state index in [0.717, 1.165) is 23.1 Å². The third-order valence-corrected chi connectivity index (χ3v) is 3.65. The Morgan fingerprint density at radius 3 is 2.56 bits per heavy atom. The highest BCUT2D eigenvalue weighted by Crippen LogP contribution is 2.15. The van der Waals surface area contributed by atoms with Crippen molar-refractivity contribution >= 4 is 34.2 Å². The first-order valence-electron chi connectivity index (χ1n) is 5.88. The van der Waals surface area contributed by atoms with Crippen LogP contribution < -0.4 is 5.32 Å². The Hall–Kier alpha value is -0.580. The highest BCUT2D eigenvalue weighted by molar-refractivity contribution is 9.10. The molecule has 1 amide bonds. The van der Waals surface area contributed by atoms with Gasteiger partial charge in [-0.05, 0) is 38.1 Å². The van der Waals surface area contributed by atoms with Crippen molar-refractivity contribution in [1.82, 2.24) is 10.2 Å². The van der Waals surface area contributed by atoms with Gasteiger partial charge in [0.1, 0.15) is 0 Å². The van der Waals surface area contributed by atoms with Gasteiger partial charge >= 0.3 is 0 Å². The molecule has 1 aromatic rings. The minimum Gasteiger partial charge on any atom is -0.333 e. The van der Waals surface area contributed by atoms with Gasteiger partial charge in [-0.2, -0.15) is 0 Å². The van der Waals surface area contributed by atoms with E-state index in [0.29, 0.717) is 6.04 Å². The minimum atomic E-state index is 0. The van der Waals surface area contributed by atoms with Gasteiger partial charge in [0.05, 0.1) is 0 Å². The molecule has 0 bridgehead atoms. The van der Waals surface area contributed by atoms with Gasteiger partial charge in [0, 0.05) is 35.2 Å². The highest BCUT2D eigenvalue weighted by Gasteiger charge is 2.27. The van der Waals surface area contributed by atoms with Crippen molar-refractivity contribution in [2.24, 2.45) is 0 Å². The molecule has 2 atom stereocenters. The van der Waals surface area contributed by atoms with Gasteiger partial charge in [-0.25, -0.2) is 0 Å². The zero-order valence-electron chi connectivity index (χ0n) is 10.5. The zero-order chi connectivity index (χ0) is 12.4. The zero-order valence-corrected chi connectivity index (χ0v) is 12.9. The molecule has 18 heavy (non-hydrogen) atoms. The molecule has 1 aliphatic rings. The summed E-state index contributed by atoms with van der Waals surface area (Å²) in [4.78, 5) is 14.3. The molecule has 0 spiro atoms. The van der Waals surface area contributed by atoms with Crippen molar-refractivity contribution in [2.75, 3.05) is 13.1 Å². The number of carbonyl (C=O) groups is 1. The Morgan fingerprint density at radius 2 is 1.94 bits per heavy atom. The Balaban J connectivity index is 0.00000162. The minimum absolute atomic E-state index is 0. The number of nitrogens with one attached hydrogen (secondary N) is 1. The van der Waals surface area contributed by atoms with Crippen molar-refractivity contribution in [2.45, 2.75) is 25.9 Å². The van der Waals surface area contributed by atoms with Crippen LogP contribution in [0.15, 0.2) is 28.7 Å². The number of hydrogen-bond donors (Lipinski definition) is 1. The molecule has 2 rings (SSSR count). The molecule has 1 N–H and O–H groups in total. The second-order valence-corrected chi connectivity index (χ2v) is 5.54. The topological polar surface area (TPSA) is 32.3 Å². The average molecular weight is 334 g/mol. The molecule has 1 aliphatic heterocycles. The molecule has 0 aromatic heterocycles. The van der Waals surface area contributed by atoms with Gasteiger partial charge < -0.3 is 10.2 Å². The van der Waals surface area contributed by atoms with E-state index >= 15 is 0 Å². The molecular formula is C13H18BrClN2O. The maximum atomic E-state index is 12.3. The van der Waals surface area contributed by atoms with Gasteiger partial charge in [-0.3, -0.25) is 4.79 Å². The van der Waals surface area contributed by atoms with E-state index in [9.17, 15) is 4.79 Å². The summed E-state index contributed by atoms with van der Waals surface area (Å²) >= 11 is 3.38. The molecule has 0 saturated carbocycles. The Kier molecular flexibility index (Phi) is 5.63. The number of piperazine rings is 1. The summed E-state index contributed by atoms with van der Waals surface area (Å²) < 4.78 is 0.996. The second kappa shape index (κ2) is 6.55. The number of hydrogen-bond acceptors (Lipinski definition) is 2. The van der Waals surface area contributed by atoms with Gasteiger partial charge in [0.15, 0.2) is 0 Å².